The number of amides is 1. The van der Waals surface area contributed by atoms with Gasteiger partial charge in [0.05, 0.1) is 10.6 Å². The normalized spacial score (nSPS) is 17.7. The predicted molar refractivity (Wildman–Crippen MR) is 141 cm³/mol. The highest BCUT2D eigenvalue weighted by molar-refractivity contribution is 7.89. The van der Waals surface area contributed by atoms with E-state index in [9.17, 15) is 17.6 Å². The Balaban J connectivity index is 1.21. The number of hydrogen-bond acceptors (Lipinski definition) is 7. The zero-order chi connectivity index (χ0) is 26.9. The number of carbonyl (C=O) groups excluding carboxylic acids is 1. The number of halogens is 1. The maximum atomic E-state index is 14.1. The molecule has 2 aliphatic rings. The topological polar surface area (TPSA) is 99.8 Å². The number of nitrogens with zero attached hydrogens (tertiary/aromatic N) is 5. The number of aromatic nitrogens is 2. The highest BCUT2D eigenvalue weighted by Gasteiger charge is 2.35. The first kappa shape index (κ1) is 26.3. The van der Waals surface area contributed by atoms with Crippen molar-refractivity contribution in [1.29, 1.82) is 0 Å². The molecule has 0 bridgehead atoms. The van der Waals surface area contributed by atoms with E-state index in [0.29, 0.717) is 74.0 Å². The Kier molecular flexibility index (Phi) is 7.49. The lowest BCUT2D eigenvalue weighted by atomic mass is 9.96. The van der Waals surface area contributed by atoms with Crippen molar-refractivity contribution in [3.05, 3.63) is 59.7 Å². The average Bonchev–Trinajstić information content (AvgIpc) is 3.43. The Morgan fingerprint density at radius 2 is 1.76 bits per heavy atom. The molecule has 0 radical (unpaired) electrons. The van der Waals surface area contributed by atoms with Gasteiger partial charge in [0.25, 0.3) is 0 Å². The van der Waals surface area contributed by atoms with E-state index in [-0.39, 0.29) is 35.6 Å². The van der Waals surface area contributed by atoms with Gasteiger partial charge in [-0.3, -0.25) is 4.79 Å². The lowest BCUT2D eigenvalue weighted by molar-refractivity contribution is -0.137. The Morgan fingerprint density at radius 1 is 1.05 bits per heavy atom. The summed E-state index contributed by atoms with van der Waals surface area (Å²) in [5.74, 6) is 0.422. The van der Waals surface area contributed by atoms with Gasteiger partial charge in [-0.05, 0) is 43.5 Å². The van der Waals surface area contributed by atoms with Gasteiger partial charge in [0.2, 0.25) is 27.6 Å². The van der Waals surface area contributed by atoms with Crippen LogP contribution < -0.4 is 4.90 Å². The number of carbonyl (C=O) groups is 1. The zero-order valence-electron chi connectivity index (χ0n) is 21.6. The van der Waals surface area contributed by atoms with Crippen LogP contribution in [-0.2, 0) is 21.2 Å². The first-order valence-electron chi connectivity index (χ1n) is 13.0. The SMILES string of the molecule is CCc1nc(-c2ccc(C)c(S(=O)(=O)N3CCC(C(=O)N4CCN(c5ccccc5F)CC4)CC3)c2)no1. The second-order valence-corrected chi connectivity index (χ2v) is 11.7. The summed E-state index contributed by atoms with van der Waals surface area (Å²) in [6.45, 7) is 6.40. The van der Waals surface area contributed by atoms with E-state index in [1.54, 1.807) is 37.3 Å². The van der Waals surface area contributed by atoms with Crippen molar-refractivity contribution in [3.8, 4) is 11.4 Å². The maximum absolute atomic E-state index is 14.1. The highest BCUT2D eigenvalue weighted by atomic mass is 32.2. The van der Waals surface area contributed by atoms with Gasteiger partial charge in [0.15, 0.2) is 0 Å². The zero-order valence-corrected chi connectivity index (χ0v) is 22.5. The fourth-order valence-corrected chi connectivity index (χ4v) is 6.87. The molecule has 11 heteroatoms. The average molecular weight is 542 g/mol. The summed E-state index contributed by atoms with van der Waals surface area (Å²) < 4.78 is 47.9. The van der Waals surface area contributed by atoms with Crippen molar-refractivity contribution in [2.24, 2.45) is 5.92 Å². The molecule has 1 amide bonds. The molecule has 0 atom stereocenters. The summed E-state index contributed by atoms with van der Waals surface area (Å²) in [6.07, 6.45) is 1.53. The van der Waals surface area contributed by atoms with Gasteiger partial charge >= 0.3 is 0 Å². The summed E-state index contributed by atoms with van der Waals surface area (Å²) in [5.41, 5.74) is 1.78. The minimum atomic E-state index is -3.76. The molecule has 2 aliphatic heterocycles. The molecular weight excluding hydrogens is 509 g/mol. The van der Waals surface area contributed by atoms with Gasteiger partial charge in [-0.1, -0.05) is 36.3 Å². The second-order valence-electron chi connectivity index (χ2n) is 9.79. The Hall–Kier alpha value is -3.31. The summed E-state index contributed by atoms with van der Waals surface area (Å²) in [4.78, 5) is 21.5. The largest absolute Gasteiger partial charge is 0.366 e. The van der Waals surface area contributed by atoms with Crippen molar-refractivity contribution in [3.63, 3.8) is 0 Å². The summed E-state index contributed by atoms with van der Waals surface area (Å²) in [6, 6.07) is 11.8. The number of anilines is 1. The molecule has 3 aromatic rings. The van der Waals surface area contributed by atoms with Crippen LogP contribution in [0.4, 0.5) is 10.1 Å². The number of piperidine rings is 1. The molecule has 1 aromatic heterocycles. The highest BCUT2D eigenvalue weighted by Crippen LogP contribution is 2.30. The Morgan fingerprint density at radius 3 is 2.42 bits per heavy atom. The first-order valence-corrected chi connectivity index (χ1v) is 14.4. The number of piperazine rings is 1. The van der Waals surface area contributed by atoms with Crippen LogP contribution in [0.2, 0.25) is 0 Å². The summed E-state index contributed by atoms with van der Waals surface area (Å²) in [5, 5.41) is 3.96. The summed E-state index contributed by atoms with van der Waals surface area (Å²) in [7, 11) is -3.76. The van der Waals surface area contributed by atoms with Crippen molar-refractivity contribution in [2.45, 2.75) is 38.0 Å². The van der Waals surface area contributed by atoms with Crippen LogP contribution in [-0.4, -0.2) is 72.9 Å². The van der Waals surface area contributed by atoms with E-state index in [1.165, 1.54) is 10.4 Å². The molecule has 2 fully saturated rings. The van der Waals surface area contributed by atoms with Crippen LogP contribution in [0, 0.1) is 18.7 Å². The minimum absolute atomic E-state index is 0.0530. The van der Waals surface area contributed by atoms with Gasteiger partial charge < -0.3 is 14.3 Å². The number of rotatable bonds is 6. The standard InChI is InChI=1S/C27H32FN5O4S/c1-3-25-29-26(30-37-25)21-9-8-19(2)24(18-21)38(35,36)33-12-10-20(11-13-33)27(34)32-16-14-31(15-17-32)23-7-5-4-6-22(23)28/h4-9,18,20H,3,10-17H2,1-2H3. The van der Waals surface area contributed by atoms with Crippen LogP contribution in [0.3, 0.4) is 0 Å². The van der Waals surface area contributed by atoms with Gasteiger partial charge in [-0.15, -0.1) is 0 Å². The number of sulfonamides is 1. The molecule has 2 saturated heterocycles. The first-order chi connectivity index (χ1) is 18.3. The van der Waals surface area contributed by atoms with Crippen LogP contribution in [0.15, 0.2) is 51.9 Å². The van der Waals surface area contributed by atoms with E-state index in [4.69, 9.17) is 4.52 Å². The fraction of sp³-hybridized carbons (Fsp3) is 0.444. The number of aryl methyl sites for hydroxylation is 2. The molecule has 0 aliphatic carbocycles. The lowest BCUT2D eigenvalue weighted by Crippen LogP contribution is -2.52. The molecular formula is C27H32FN5O4S. The minimum Gasteiger partial charge on any atom is -0.366 e. The second kappa shape index (κ2) is 10.8. The fourth-order valence-electron chi connectivity index (χ4n) is 5.15. The molecule has 0 saturated carbocycles. The number of benzene rings is 2. The lowest BCUT2D eigenvalue weighted by Gasteiger charge is -2.39. The smallest absolute Gasteiger partial charge is 0.243 e. The predicted octanol–water partition coefficient (Wildman–Crippen LogP) is 3.50. The van der Waals surface area contributed by atoms with E-state index in [0.717, 1.165) is 0 Å². The molecule has 38 heavy (non-hydrogen) atoms. The van der Waals surface area contributed by atoms with Gasteiger partial charge in [0, 0.05) is 57.2 Å². The van der Waals surface area contributed by atoms with Crippen molar-refractivity contribution in [1.82, 2.24) is 19.3 Å². The third-order valence-electron chi connectivity index (χ3n) is 7.42. The monoisotopic (exact) mass is 541 g/mol. The van der Waals surface area contributed by atoms with Crippen LogP contribution in [0.5, 0.6) is 0 Å². The number of para-hydroxylation sites is 1. The van der Waals surface area contributed by atoms with Gasteiger partial charge in [-0.25, -0.2) is 12.8 Å². The van der Waals surface area contributed by atoms with Crippen LogP contribution in [0.1, 0.15) is 31.2 Å². The van der Waals surface area contributed by atoms with Crippen LogP contribution >= 0.6 is 0 Å². The molecule has 2 aromatic carbocycles. The Bertz CT molecular complexity index is 1410. The molecule has 9 nitrogen and oxygen atoms in total. The molecule has 0 unspecified atom stereocenters. The van der Waals surface area contributed by atoms with Crippen molar-refractivity contribution < 1.29 is 22.1 Å². The molecule has 0 N–H and O–H groups in total. The van der Waals surface area contributed by atoms with Gasteiger partial charge in [0.1, 0.15) is 5.82 Å². The number of hydrogen-bond donors (Lipinski definition) is 0. The van der Waals surface area contributed by atoms with E-state index >= 15 is 0 Å². The summed E-state index contributed by atoms with van der Waals surface area (Å²) >= 11 is 0. The Labute approximate surface area is 222 Å². The maximum Gasteiger partial charge on any atom is 0.243 e. The molecule has 0 spiro atoms. The van der Waals surface area contributed by atoms with Crippen molar-refractivity contribution in [2.75, 3.05) is 44.2 Å². The van der Waals surface area contributed by atoms with E-state index < -0.39 is 10.0 Å². The third kappa shape index (κ3) is 5.17. The van der Waals surface area contributed by atoms with E-state index in [2.05, 4.69) is 10.1 Å². The molecule has 5 rings (SSSR count). The quantitative estimate of drug-likeness (QED) is 0.471. The van der Waals surface area contributed by atoms with Crippen molar-refractivity contribution >= 4 is 21.6 Å². The van der Waals surface area contributed by atoms with Gasteiger partial charge in [-0.2, -0.15) is 9.29 Å². The van der Waals surface area contributed by atoms with Crippen LogP contribution in [0.25, 0.3) is 11.4 Å². The molecule has 202 valence electrons. The van der Waals surface area contributed by atoms with E-state index in [1.807, 2.05) is 22.8 Å². The third-order valence-corrected chi connectivity index (χ3v) is 9.46. The molecule has 3 heterocycles.